The summed E-state index contributed by atoms with van der Waals surface area (Å²) in [5.74, 6) is -2.53. The monoisotopic (exact) mass is 709 g/mol. The van der Waals surface area contributed by atoms with Crippen molar-refractivity contribution in [3.05, 3.63) is 33.8 Å². The Morgan fingerprint density at radius 3 is 2.25 bits per heavy atom. The maximum absolute atomic E-state index is 14.9. The molecule has 11 nitrogen and oxygen atoms in total. The van der Waals surface area contributed by atoms with Crippen LogP contribution in [0.1, 0.15) is 124 Å². The summed E-state index contributed by atoms with van der Waals surface area (Å²) in [5.41, 5.74) is -2.44. The summed E-state index contributed by atoms with van der Waals surface area (Å²) in [6, 6.07) is 0. The van der Waals surface area contributed by atoms with Gasteiger partial charge in [-0.15, -0.1) is 0 Å². The molecule has 1 N–H and O–H groups in total. The van der Waals surface area contributed by atoms with E-state index in [9.17, 15) is 29.1 Å². The van der Waals surface area contributed by atoms with Crippen molar-refractivity contribution in [3.63, 3.8) is 0 Å². The van der Waals surface area contributed by atoms with Crippen LogP contribution in [-0.4, -0.2) is 53.0 Å². The Balaban J connectivity index is 1.26. The number of nitrogens with zero attached hydrogens (tertiary/aromatic N) is 1. The molecule has 0 aromatic carbocycles. The highest BCUT2D eigenvalue weighted by molar-refractivity contribution is 5.96. The molecule has 1 aromatic heterocycles. The lowest BCUT2D eigenvalue weighted by atomic mass is 9.33. The average molecular weight is 710 g/mol. The zero-order valence-corrected chi connectivity index (χ0v) is 31.4. The van der Waals surface area contributed by atoms with Crippen LogP contribution in [0.2, 0.25) is 0 Å². The number of ketones is 1. The first-order valence-electron chi connectivity index (χ1n) is 19.0. The molecule has 1 aromatic rings. The van der Waals surface area contributed by atoms with Gasteiger partial charge in [-0.1, -0.05) is 33.3 Å². The third kappa shape index (κ3) is 5.12. The van der Waals surface area contributed by atoms with Crippen LogP contribution in [0.4, 0.5) is 4.79 Å². The van der Waals surface area contributed by atoms with Gasteiger partial charge < -0.3 is 28.3 Å². The summed E-state index contributed by atoms with van der Waals surface area (Å²) >= 11 is 0. The lowest BCUT2D eigenvalue weighted by Crippen LogP contribution is -2.68. The van der Waals surface area contributed by atoms with Gasteiger partial charge in [0.15, 0.2) is 23.9 Å². The van der Waals surface area contributed by atoms with E-state index in [-0.39, 0.29) is 46.6 Å². The molecule has 11 heteroatoms. The number of esters is 1. The van der Waals surface area contributed by atoms with E-state index in [0.29, 0.717) is 51.6 Å². The molecule has 10 atom stereocenters. The molecule has 0 radical (unpaired) electrons. The second-order valence-corrected chi connectivity index (χ2v) is 18.5. The van der Waals surface area contributed by atoms with Gasteiger partial charge >= 0.3 is 23.9 Å². The number of aliphatic carboxylic acids is 1. The highest BCUT2D eigenvalue weighted by atomic mass is 16.6. The van der Waals surface area contributed by atoms with Gasteiger partial charge in [0.25, 0.3) is 0 Å². The van der Waals surface area contributed by atoms with Gasteiger partial charge in [-0.05, 0) is 131 Å². The second kappa shape index (κ2) is 11.8. The molecule has 1 aliphatic heterocycles. The zero-order valence-electron chi connectivity index (χ0n) is 31.4. The fourth-order valence-corrected chi connectivity index (χ4v) is 12.4. The van der Waals surface area contributed by atoms with Crippen LogP contribution < -0.4 is 5.82 Å². The maximum atomic E-state index is 14.9. The zero-order chi connectivity index (χ0) is 36.9. The number of hydrogen-bond acceptors (Lipinski definition) is 9. The van der Waals surface area contributed by atoms with Crippen molar-refractivity contribution >= 4 is 23.8 Å². The number of allylic oxidation sites excluding steroid dienone is 2. The number of ether oxygens (including phenoxy) is 2. The Labute approximate surface area is 299 Å². The summed E-state index contributed by atoms with van der Waals surface area (Å²) in [7, 11) is 0. The minimum Gasteiger partial charge on any atom is -0.481 e. The van der Waals surface area contributed by atoms with Crippen molar-refractivity contribution in [1.29, 1.82) is 0 Å². The first-order chi connectivity index (χ1) is 23.8. The van der Waals surface area contributed by atoms with Crippen LogP contribution in [0, 0.1) is 57.2 Å². The number of aryl methyl sites for hydroxylation is 1. The summed E-state index contributed by atoms with van der Waals surface area (Å²) < 4.78 is 22.3. The van der Waals surface area contributed by atoms with Crippen molar-refractivity contribution in [2.45, 2.75) is 132 Å². The summed E-state index contributed by atoms with van der Waals surface area (Å²) in [5, 5.41) is 10.3. The molecule has 1 saturated heterocycles. The van der Waals surface area contributed by atoms with E-state index in [2.05, 4.69) is 27.7 Å². The van der Waals surface area contributed by atoms with Crippen LogP contribution in [-0.2, 0) is 30.5 Å². The Morgan fingerprint density at radius 2 is 1.61 bits per heavy atom. The molecular formula is C40H55NO10. The van der Waals surface area contributed by atoms with Gasteiger partial charge in [-0.25, -0.2) is 9.59 Å². The fraction of sp³-hybridized carbons (Fsp3) is 0.775. The third-order valence-corrected chi connectivity index (χ3v) is 15.9. The van der Waals surface area contributed by atoms with Gasteiger partial charge in [0.1, 0.15) is 11.5 Å². The minimum atomic E-state index is -1.29. The van der Waals surface area contributed by atoms with E-state index in [4.69, 9.17) is 18.3 Å². The number of carbonyl (C=O) groups excluding carboxylic acids is 3. The van der Waals surface area contributed by atoms with Crippen LogP contribution in [0.3, 0.4) is 0 Å². The first kappa shape index (κ1) is 36.0. The quantitative estimate of drug-likeness (QED) is 0.310. The molecule has 7 rings (SSSR count). The van der Waals surface area contributed by atoms with Gasteiger partial charge in [0.2, 0.25) is 0 Å². The molecule has 2 heterocycles. The normalized spacial score (nSPS) is 43.2. The van der Waals surface area contributed by atoms with Crippen LogP contribution >= 0.6 is 0 Å². The molecule has 0 spiro atoms. The molecule has 0 unspecified atom stereocenters. The number of hydrogen-bond donors (Lipinski definition) is 1. The minimum absolute atomic E-state index is 0.00534. The number of likely N-dealkylation sites (tertiary alicyclic amines) is 1. The number of carboxylic acids is 1. The van der Waals surface area contributed by atoms with Gasteiger partial charge in [-0.3, -0.25) is 14.4 Å². The lowest BCUT2D eigenvalue weighted by molar-refractivity contribution is -0.219. The van der Waals surface area contributed by atoms with Gasteiger partial charge in [-0.2, -0.15) is 0 Å². The summed E-state index contributed by atoms with van der Waals surface area (Å²) in [6.45, 7) is 15.2. The Bertz CT molecular complexity index is 1740. The predicted octanol–water partition coefficient (Wildman–Crippen LogP) is 7.23. The SMILES string of the molecule is Cc1oc(=O)oc1COC(=O)[C@]1(C)[C@@H](OC(=O)N2CCCC2)CC[C@@]2(C)[C@H]1CC[C@]1(C)[C@@H]2C(=O)C=C2[C@@H]3C[C@@](C)(C(=O)O)CC[C@]3(C)CC[C@]21C. The maximum Gasteiger partial charge on any atom is 0.519 e. The number of carbonyl (C=O) groups is 4. The Hall–Kier alpha value is -3.37. The van der Waals surface area contributed by atoms with Crippen molar-refractivity contribution in [2.75, 3.05) is 13.1 Å². The molecule has 0 bridgehead atoms. The van der Waals surface area contributed by atoms with Crippen molar-refractivity contribution in [1.82, 2.24) is 4.90 Å². The molecule has 5 aliphatic carbocycles. The average Bonchev–Trinajstić information content (AvgIpc) is 3.72. The highest BCUT2D eigenvalue weighted by Crippen LogP contribution is 2.75. The van der Waals surface area contributed by atoms with Crippen molar-refractivity contribution < 1.29 is 42.6 Å². The van der Waals surface area contributed by atoms with E-state index in [1.165, 1.54) is 0 Å². The van der Waals surface area contributed by atoms with E-state index in [0.717, 1.165) is 37.7 Å². The molecule has 280 valence electrons. The van der Waals surface area contributed by atoms with E-state index >= 15 is 0 Å². The number of rotatable bonds is 5. The largest absolute Gasteiger partial charge is 0.519 e. The van der Waals surface area contributed by atoms with Crippen molar-refractivity contribution in [3.8, 4) is 0 Å². The first-order valence-corrected chi connectivity index (χ1v) is 19.0. The summed E-state index contributed by atoms with van der Waals surface area (Å²) in [6.07, 6.45) is 8.67. The standard InChI is InChI=1S/C40H55NO10/c1-23-27(50-34(47)49-23)22-48-32(45)40(7)28-10-13-39(6)30(37(28,4)12-11-29(40)51-33(46)41-18-8-9-19-41)26(42)20-24-25-21-36(3,31(43)44)15-14-35(25,2)16-17-38(24,39)5/h20,25,28-30H,8-19,21-22H2,1-7H3,(H,43,44)/t25-,28+,29-,30+,35+,36-,37-,38+,39+,40-/m0/s1. The van der Waals surface area contributed by atoms with E-state index in [1.807, 2.05) is 19.9 Å². The van der Waals surface area contributed by atoms with Gasteiger partial charge in [0.05, 0.1) is 5.41 Å². The number of carboxylic acid groups (broad SMARTS) is 1. The third-order valence-electron chi connectivity index (χ3n) is 15.9. The topological polar surface area (TPSA) is 154 Å². The molecule has 1 amide bonds. The molecular weight excluding hydrogens is 654 g/mol. The van der Waals surface area contributed by atoms with Crippen molar-refractivity contribution in [2.24, 2.45) is 50.2 Å². The van der Waals surface area contributed by atoms with Crippen LogP contribution in [0.5, 0.6) is 0 Å². The van der Waals surface area contributed by atoms with E-state index < -0.39 is 57.5 Å². The second-order valence-electron chi connectivity index (χ2n) is 18.5. The smallest absolute Gasteiger partial charge is 0.481 e. The van der Waals surface area contributed by atoms with Gasteiger partial charge in [0, 0.05) is 19.0 Å². The molecule has 4 saturated carbocycles. The molecule has 5 fully saturated rings. The molecule has 6 aliphatic rings. The fourth-order valence-electron chi connectivity index (χ4n) is 12.4. The lowest BCUT2D eigenvalue weighted by Gasteiger charge is -2.70. The Kier molecular flexibility index (Phi) is 8.35. The van der Waals surface area contributed by atoms with Crippen LogP contribution in [0.15, 0.2) is 25.3 Å². The highest BCUT2D eigenvalue weighted by Gasteiger charge is 2.72. The number of fused-ring (bicyclic) bond motifs is 7. The molecule has 51 heavy (non-hydrogen) atoms. The Morgan fingerprint density at radius 1 is 0.922 bits per heavy atom. The van der Waals surface area contributed by atoms with E-state index in [1.54, 1.807) is 11.8 Å². The summed E-state index contributed by atoms with van der Waals surface area (Å²) in [4.78, 5) is 68.8. The predicted molar refractivity (Wildman–Crippen MR) is 184 cm³/mol. The number of amides is 1. The van der Waals surface area contributed by atoms with Crippen LogP contribution in [0.25, 0.3) is 0 Å².